The number of ether oxygens (including phenoxy) is 1. The van der Waals surface area contributed by atoms with Gasteiger partial charge in [0, 0.05) is 10.2 Å². The van der Waals surface area contributed by atoms with E-state index in [0.717, 1.165) is 28.8 Å². The van der Waals surface area contributed by atoms with Crippen LogP contribution in [0.15, 0.2) is 46.9 Å². The lowest BCUT2D eigenvalue weighted by molar-refractivity contribution is 0.415. The van der Waals surface area contributed by atoms with E-state index < -0.39 is 0 Å². The number of methoxy groups -OCH3 is 1. The van der Waals surface area contributed by atoms with Crippen molar-refractivity contribution in [3.63, 3.8) is 0 Å². The van der Waals surface area contributed by atoms with Gasteiger partial charge in [-0.2, -0.15) is 0 Å². The first-order valence-electron chi connectivity index (χ1n) is 8.45. The number of benzene rings is 2. The average molecular weight is 390 g/mol. The lowest BCUT2D eigenvalue weighted by atomic mass is 10.0. The third-order valence-electron chi connectivity index (χ3n) is 3.61. The molecule has 0 aliphatic heterocycles. The quantitative estimate of drug-likeness (QED) is 0.637. The molecule has 3 heteroatoms. The van der Waals surface area contributed by atoms with Crippen LogP contribution in [0.4, 0.5) is 5.69 Å². The highest BCUT2D eigenvalue weighted by Crippen LogP contribution is 2.35. The van der Waals surface area contributed by atoms with E-state index in [4.69, 9.17) is 4.74 Å². The van der Waals surface area contributed by atoms with Crippen molar-refractivity contribution in [3.05, 3.63) is 58.1 Å². The molecule has 1 aliphatic rings. The molecule has 1 aliphatic carbocycles. The van der Waals surface area contributed by atoms with Crippen molar-refractivity contribution in [3.8, 4) is 5.75 Å². The van der Waals surface area contributed by atoms with Gasteiger partial charge in [0.05, 0.1) is 13.2 Å². The summed E-state index contributed by atoms with van der Waals surface area (Å²) in [6, 6.07) is 15.1. The van der Waals surface area contributed by atoms with Gasteiger partial charge in [0.15, 0.2) is 0 Å². The van der Waals surface area contributed by atoms with E-state index in [1.807, 2.05) is 12.1 Å². The smallest absolute Gasteiger partial charge is 0.119 e. The Hall–Kier alpha value is -1.48. The zero-order chi connectivity index (χ0) is 17.7. The Morgan fingerprint density at radius 2 is 1.67 bits per heavy atom. The molecular formula is C21H28BrNO. The van der Waals surface area contributed by atoms with Crippen LogP contribution in [0.1, 0.15) is 51.3 Å². The first-order valence-corrected chi connectivity index (χ1v) is 9.24. The minimum Gasteiger partial charge on any atom is -0.497 e. The largest absolute Gasteiger partial charge is 0.497 e. The van der Waals surface area contributed by atoms with Gasteiger partial charge in [-0.05, 0) is 65.8 Å². The molecule has 0 fully saturated rings. The van der Waals surface area contributed by atoms with Crippen LogP contribution in [0, 0.1) is 5.41 Å². The highest BCUT2D eigenvalue weighted by molar-refractivity contribution is 9.10. The summed E-state index contributed by atoms with van der Waals surface area (Å²) in [6.45, 7) is 8.75. The molecule has 0 saturated heterocycles. The molecule has 0 radical (unpaired) electrons. The topological polar surface area (TPSA) is 21.3 Å². The van der Waals surface area contributed by atoms with Crippen LogP contribution in [0.2, 0.25) is 0 Å². The van der Waals surface area contributed by atoms with Crippen LogP contribution in [0.5, 0.6) is 5.75 Å². The molecule has 1 N–H and O–H groups in total. The fourth-order valence-electron chi connectivity index (χ4n) is 2.62. The summed E-state index contributed by atoms with van der Waals surface area (Å²) < 4.78 is 6.34. The number of rotatable bonds is 3. The molecule has 0 heterocycles. The van der Waals surface area contributed by atoms with Crippen LogP contribution in [-0.2, 0) is 6.42 Å². The van der Waals surface area contributed by atoms with E-state index in [9.17, 15) is 0 Å². The molecule has 3 rings (SSSR count). The van der Waals surface area contributed by atoms with Crippen molar-refractivity contribution in [1.82, 2.24) is 0 Å². The van der Waals surface area contributed by atoms with Crippen molar-refractivity contribution >= 4 is 21.6 Å². The fraction of sp³-hybridized carbons (Fsp3) is 0.429. The molecule has 1 unspecified atom stereocenters. The minimum absolute atomic E-state index is 0.413. The summed E-state index contributed by atoms with van der Waals surface area (Å²) in [5.41, 5.74) is 4.50. The van der Waals surface area contributed by atoms with E-state index in [2.05, 4.69) is 79.3 Å². The number of halogens is 1. The second-order valence-electron chi connectivity index (χ2n) is 7.81. The number of hydrogen-bond acceptors (Lipinski definition) is 2. The highest BCUT2D eigenvalue weighted by atomic mass is 79.9. The average Bonchev–Trinajstić information content (AvgIpc) is 2.88. The summed E-state index contributed by atoms with van der Waals surface area (Å²) in [5.74, 6) is 0.890. The van der Waals surface area contributed by atoms with Crippen LogP contribution >= 0.6 is 15.9 Å². The zero-order valence-electron chi connectivity index (χ0n) is 15.3. The van der Waals surface area contributed by atoms with Gasteiger partial charge in [0.25, 0.3) is 0 Å². The Balaban J connectivity index is 0.000000368. The van der Waals surface area contributed by atoms with E-state index in [1.165, 1.54) is 11.1 Å². The predicted molar refractivity (Wildman–Crippen MR) is 107 cm³/mol. The van der Waals surface area contributed by atoms with Gasteiger partial charge in [0.1, 0.15) is 5.75 Å². The molecule has 0 bridgehead atoms. The number of anilines is 1. The Bertz CT molecular complexity index is 653. The van der Waals surface area contributed by atoms with E-state index in [1.54, 1.807) is 7.11 Å². The van der Waals surface area contributed by atoms with Gasteiger partial charge in [-0.15, -0.1) is 0 Å². The number of fused-ring (bicyclic) bond motifs is 1. The summed E-state index contributed by atoms with van der Waals surface area (Å²) in [5, 5.41) is 3.60. The van der Waals surface area contributed by atoms with Gasteiger partial charge in [-0.3, -0.25) is 0 Å². The van der Waals surface area contributed by atoms with Crippen molar-refractivity contribution in [1.29, 1.82) is 0 Å². The van der Waals surface area contributed by atoms with Gasteiger partial charge in [-0.1, -0.05) is 49.7 Å². The van der Waals surface area contributed by atoms with Crippen molar-refractivity contribution < 1.29 is 4.74 Å². The minimum atomic E-state index is 0.413. The van der Waals surface area contributed by atoms with Crippen molar-refractivity contribution in [2.24, 2.45) is 5.41 Å². The molecule has 2 aromatic rings. The van der Waals surface area contributed by atoms with Gasteiger partial charge >= 0.3 is 0 Å². The number of aryl methyl sites for hydroxylation is 1. The van der Waals surface area contributed by atoms with Crippen LogP contribution in [0.3, 0.4) is 0 Å². The zero-order valence-corrected chi connectivity index (χ0v) is 16.9. The van der Waals surface area contributed by atoms with Crippen LogP contribution in [-0.4, -0.2) is 7.11 Å². The molecule has 130 valence electrons. The molecule has 2 nitrogen and oxygen atoms in total. The van der Waals surface area contributed by atoms with E-state index >= 15 is 0 Å². The van der Waals surface area contributed by atoms with Crippen LogP contribution in [0.25, 0.3) is 0 Å². The molecule has 24 heavy (non-hydrogen) atoms. The second-order valence-corrected chi connectivity index (χ2v) is 8.72. The third-order valence-corrected chi connectivity index (χ3v) is 4.11. The van der Waals surface area contributed by atoms with Gasteiger partial charge in [-0.25, -0.2) is 0 Å². The molecular weight excluding hydrogens is 362 g/mol. The second kappa shape index (κ2) is 8.06. The maximum atomic E-state index is 5.18. The molecule has 0 amide bonds. The summed E-state index contributed by atoms with van der Waals surface area (Å²) in [4.78, 5) is 0. The van der Waals surface area contributed by atoms with Crippen molar-refractivity contribution in [2.45, 2.75) is 46.6 Å². The Morgan fingerprint density at radius 3 is 2.25 bits per heavy atom. The summed E-state index contributed by atoms with van der Waals surface area (Å²) >= 11 is 3.53. The summed E-state index contributed by atoms with van der Waals surface area (Å²) in [6.07, 6.45) is 2.29. The molecule has 0 saturated carbocycles. The highest BCUT2D eigenvalue weighted by Gasteiger charge is 2.22. The lowest BCUT2D eigenvalue weighted by Crippen LogP contribution is -2.06. The van der Waals surface area contributed by atoms with Crippen molar-refractivity contribution in [2.75, 3.05) is 12.4 Å². The first kappa shape index (κ1) is 18.9. The monoisotopic (exact) mass is 389 g/mol. The first-order chi connectivity index (χ1) is 11.3. The Morgan fingerprint density at radius 1 is 1.04 bits per heavy atom. The SMILES string of the molecule is CC(C)(C)C.COc1ccc(NC2CCc3cc(Br)ccc32)cc1. The molecule has 1 atom stereocenters. The number of nitrogens with one attached hydrogen (secondary N) is 1. The maximum Gasteiger partial charge on any atom is 0.119 e. The van der Waals surface area contributed by atoms with Gasteiger partial charge in [0.2, 0.25) is 0 Å². The third kappa shape index (κ3) is 5.86. The van der Waals surface area contributed by atoms with E-state index in [0.29, 0.717) is 11.5 Å². The maximum absolute atomic E-state index is 5.18. The summed E-state index contributed by atoms with van der Waals surface area (Å²) in [7, 11) is 1.69. The fourth-order valence-corrected chi connectivity index (χ4v) is 3.03. The standard InChI is InChI=1S/C16H16BrNO.C5H12/c1-19-14-6-4-13(5-7-14)18-16-9-2-11-10-12(17)3-8-15(11)16;1-5(2,3)4/h3-8,10,16,18H,2,9H2,1H3;1-4H3. The predicted octanol–water partition coefficient (Wildman–Crippen LogP) is 6.61. The lowest BCUT2D eigenvalue weighted by Gasteiger charge is -2.16. The Labute approximate surface area is 154 Å². The molecule has 0 spiro atoms. The Kier molecular flexibility index (Phi) is 6.34. The normalized spacial score (nSPS) is 16.0. The van der Waals surface area contributed by atoms with Gasteiger partial charge < -0.3 is 10.1 Å². The number of hydrogen-bond donors (Lipinski definition) is 1. The molecule has 2 aromatic carbocycles. The van der Waals surface area contributed by atoms with Crippen LogP contribution < -0.4 is 10.1 Å². The molecule has 0 aromatic heterocycles. The van der Waals surface area contributed by atoms with E-state index in [-0.39, 0.29) is 0 Å².